The van der Waals surface area contributed by atoms with Gasteiger partial charge in [0, 0.05) is 24.2 Å². The van der Waals surface area contributed by atoms with Crippen molar-refractivity contribution in [3.63, 3.8) is 0 Å². The van der Waals surface area contributed by atoms with E-state index in [-0.39, 0.29) is 6.08 Å². The summed E-state index contributed by atoms with van der Waals surface area (Å²) in [4.78, 5) is 8.32. The molecule has 0 bridgehead atoms. The van der Waals surface area contributed by atoms with E-state index in [1.807, 2.05) is 30.3 Å². The van der Waals surface area contributed by atoms with Crippen molar-refractivity contribution in [2.24, 2.45) is 5.73 Å². The van der Waals surface area contributed by atoms with Gasteiger partial charge in [-0.15, -0.1) is 0 Å². The van der Waals surface area contributed by atoms with Crippen molar-refractivity contribution in [2.75, 3.05) is 0 Å². The second kappa shape index (κ2) is 4.46. The highest BCUT2D eigenvalue weighted by molar-refractivity contribution is 5.79. The van der Waals surface area contributed by atoms with Crippen molar-refractivity contribution in [1.82, 2.24) is 9.97 Å². The molecular formula is C13H11N3O2. The molecule has 0 atom stereocenters. The van der Waals surface area contributed by atoms with E-state index in [1.54, 1.807) is 6.20 Å². The summed E-state index contributed by atoms with van der Waals surface area (Å²) >= 11 is 0. The fourth-order valence-electron chi connectivity index (χ4n) is 1.64. The average Bonchev–Trinajstić information content (AvgIpc) is 2.86. The normalized spacial score (nSPS) is 10.7. The van der Waals surface area contributed by atoms with Crippen molar-refractivity contribution in [3.8, 4) is 11.8 Å². The molecule has 0 fully saturated rings. The molecule has 0 aliphatic carbocycles. The molecule has 3 rings (SSSR count). The lowest BCUT2D eigenvalue weighted by Gasteiger charge is -2.01. The van der Waals surface area contributed by atoms with Crippen LogP contribution in [0.3, 0.4) is 0 Å². The Morgan fingerprint density at radius 2 is 2.22 bits per heavy atom. The Hall–Kier alpha value is -2.40. The number of aromatic nitrogens is 2. The van der Waals surface area contributed by atoms with Crippen molar-refractivity contribution < 1.29 is 9.15 Å². The van der Waals surface area contributed by atoms with E-state index < -0.39 is 0 Å². The highest BCUT2D eigenvalue weighted by atomic mass is 16.6. The first-order valence-corrected chi connectivity index (χ1v) is 5.52. The van der Waals surface area contributed by atoms with E-state index in [2.05, 4.69) is 9.97 Å². The fourth-order valence-corrected chi connectivity index (χ4v) is 1.64. The van der Waals surface area contributed by atoms with Gasteiger partial charge in [-0.3, -0.25) is 4.98 Å². The maximum atomic E-state index is 5.50. The summed E-state index contributed by atoms with van der Waals surface area (Å²) in [7, 11) is 0. The van der Waals surface area contributed by atoms with E-state index >= 15 is 0 Å². The minimum absolute atomic E-state index is 0.186. The number of hydrogen-bond donors (Lipinski definition) is 1. The Morgan fingerprint density at radius 1 is 1.28 bits per heavy atom. The van der Waals surface area contributed by atoms with E-state index in [1.165, 1.54) is 6.26 Å². The monoisotopic (exact) mass is 241 g/mol. The Labute approximate surface area is 103 Å². The third kappa shape index (κ3) is 2.03. The molecule has 2 N–H and O–H groups in total. The number of ether oxygens (including phenoxy) is 1. The van der Waals surface area contributed by atoms with Gasteiger partial charge in [-0.25, -0.2) is 0 Å². The molecule has 2 heterocycles. The highest BCUT2D eigenvalue weighted by Gasteiger charge is 2.06. The van der Waals surface area contributed by atoms with Crippen molar-refractivity contribution >= 4 is 10.9 Å². The SMILES string of the molecule is NCc1coc(Oc2ccc3cccnc3c2)n1. The van der Waals surface area contributed by atoms with E-state index in [4.69, 9.17) is 14.9 Å². The van der Waals surface area contributed by atoms with Crippen molar-refractivity contribution in [2.45, 2.75) is 6.54 Å². The van der Waals surface area contributed by atoms with Crippen molar-refractivity contribution in [3.05, 3.63) is 48.5 Å². The lowest BCUT2D eigenvalue weighted by molar-refractivity contribution is 0.331. The summed E-state index contributed by atoms with van der Waals surface area (Å²) in [5, 5.41) is 1.06. The summed E-state index contributed by atoms with van der Waals surface area (Å²) in [6.07, 6.45) is 3.41. The smallest absolute Gasteiger partial charge is 0.399 e. The molecule has 0 aliphatic rings. The predicted molar refractivity (Wildman–Crippen MR) is 66.2 cm³/mol. The average molecular weight is 241 g/mol. The van der Waals surface area contributed by atoms with Gasteiger partial charge in [0.05, 0.1) is 11.2 Å². The molecule has 1 aromatic carbocycles. The van der Waals surface area contributed by atoms with Gasteiger partial charge in [0.1, 0.15) is 12.0 Å². The number of hydrogen-bond acceptors (Lipinski definition) is 5. The van der Waals surface area contributed by atoms with Crippen LogP contribution in [0.25, 0.3) is 10.9 Å². The van der Waals surface area contributed by atoms with Crippen LogP contribution in [0.4, 0.5) is 0 Å². The Kier molecular flexibility index (Phi) is 2.66. The second-order valence-corrected chi connectivity index (χ2v) is 3.77. The summed E-state index contributed by atoms with van der Waals surface area (Å²) in [6, 6.07) is 9.50. The topological polar surface area (TPSA) is 74.2 Å². The number of oxazole rings is 1. The number of rotatable bonds is 3. The van der Waals surface area contributed by atoms with E-state index in [0.29, 0.717) is 18.0 Å². The second-order valence-electron chi connectivity index (χ2n) is 3.77. The van der Waals surface area contributed by atoms with E-state index in [0.717, 1.165) is 10.9 Å². The number of nitrogens with two attached hydrogens (primary N) is 1. The summed E-state index contributed by atoms with van der Waals surface area (Å²) in [6.45, 7) is 0.326. The minimum atomic E-state index is 0.186. The highest BCUT2D eigenvalue weighted by Crippen LogP contribution is 2.24. The molecule has 2 aromatic heterocycles. The lowest BCUT2D eigenvalue weighted by atomic mass is 10.2. The first-order valence-electron chi connectivity index (χ1n) is 5.52. The molecule has 0 aliphatic heterocycles. The van der Waals surface area contributed by atoms with Crippen LogP contribution in [0.2, 0.25) is 0 Å². The van der Waals surface area contributed by atoms with Crippen LogP contribution in [-0.2, 0) is 6.54 Å². The number of fused-ring (bicyclic) bond motifs is 1. The van der Waals surface area contributed by atoms with Crippen LogP contribution in [0.15, 0.2) is 47.2 Å². The van der Waals surface area contributed by atoms with Crippen LogP contribution < -0.4 is 10.5 Å². The molecule has 0 saturated carbocycles. The van der Waals surface area contributed by atoms with Gasteiger partial charge in [-0.2, -0.15) is 4.98 Å². The largest absolute Gasteiger partial charge is 0.417 e. The van der Waals surface area contributed by atoms with E-state index in [9.17, 15) is 0 Å². The number of pyridine rings is 1. The van der Waals surface area contributed by atoms with Crippen LogP contribution in [-0.4, -0.2) is 9.97 Å². The molecule has 3 aromatic rings. The van der Waals surface area contributed by atoms with Crippen molar-refractivity contribution in [1.29, 1.82) is 0 Å². The van der Waals surface area contributed by atoms with Gasteiger partial charge in [0.25, 0.3) is 0 Å². The maximum absolute atomic E-state index is 5.50. The molecule has 0 spiro atoms. The van der Waals surface area contributed by atoms with Crippen LogP contribution >= 0.6 is 0 Å². The van der Waals surface area contributed by atoms with Gasteiger partial charge in [-0.1, -0.05) is 6.07 Å². The number of benzene rings is 1. The van der Waals surface area contributed by atoms with Gasteiger partial charge < -0.3 is 14.9 Å². The first-order chi connectivity index (χ1) is 8.85. The molecule has 5 heteroatoms. The minimum Gasteiger partial charge on any atom is -0.417 e. The molecule has 0 radical (unpaired) electrons. The van der Waals surface area contributed by atoms with Crippen LogP contribution in [0.5, 0.6) is 11.8 Å². The molecule has 0 amide bonds. The molecule has 0 saturated heterocycles. The molecule has 0 unspecified atom stereocenters. The quantitative estimate of drug-likeness (QED) is 0.762. The Balaban J connectivity index is 1.90. The lowest BCUT2D eigenvalue weighted by Crippen LogP contribution is -1.95. The van der Waals surface area contributed by atoms with Gasteiger partial charge in [0.15, 0.2) is 0 Å². The summed E-state index contributed by atoms with van der Waals surface area (Å²) in [5.74, 6) is 0.631. The Bertz CT molecular complexity index is 679. The molecular weight excluding hydrogens is 230 g/mol. The summed E-state index contributed by atoms with van der Waals surface area (Å²) < 4.78 is 10.6. The third-order valence-corrected chi connectivity index (χ3v) is 2.52. The third-order valence-electron chi connectivity index (χ3n) is 2.52. The summed E-state index contributed by atoms with van der Waals surface area (Å²) in [5.41, 5.74) is 6.96. The molecule has 18 heavy (non-hydrogen) atoms. The van der Waals surface area contributed by atoms with Crippen LogP contribution in [0.1, 0.15) is 5.69 Å². The zero-order valence-electron chi connectivity index (χ0n) is 9.54. The number of nitrogens with zero attached hydrogens (tertiary/aromatic N) is 2. The van der Waals surface area contributed by atoms with Gasteiger partial charge >= 0.3 is 6.08 Å². The molecule has 90 valence electrons. The zero-order valence-corrected chi connectivity index (χ0v) is 9.54. The van der Waals surface area contributed by atoms with Crippen LogP contribution in [0, 0.1) is 0 Å². The van der Waals surface area contributed by atoms with Gasteiger partial charge in [-0.05, 0) is 18.2 Å². The predicted octanol–water partition coefficient (Wildman–Crippen LogP) is 2.47. The standard InChI is InChI=1S/C13H11N3O2/c14-7-10-8-17-13(16-10)18-11-4-3-9-2-1-5-15-12(9)6-11/h1-6,8H,7,14H2. The molecule has 5 nitrogen and oxygen atoms in total. The zero-order chi connectivity index (χ0) is 12.4. The maximum Gasteiger partial charge on any atom is 0.399 e. The first kappa shape index (κ1) is 10.7. The fraction of sp³-hybridized carbons (Fsp3) is 0.0769. The van der Waals surface area contributed by atoms with Gasteiger partial charge in [0.2, 0.25) is 0 Å². The Morgan fingerprint density at radius 3 is 3.06 bits per heavy atom.